The van der Waals surface area contributed by atoms with Crippen molar-refractivity contribution in [1.82, 2.24) is 0 Å². The number of nitrogens with zero attached hydrogens (tertiary/aromatic N) is 1. The van der Waals surface area contributed by atoms with Crippen molar-refractivity contribution in [2.24, 2.45) is 0 Å². The number of nitrogens with one attached hydrogen (secondary N) is 1. The summed E-state index contributed by atoms with van der Waals surface area (Å²) in [4.78, 5) is 1.98. The second kappa shape index (κ2) is 6.78. The van der Waals surface area contributed by atoms with Gasteiger partial charge in [-0.1, -0.05) is 46.9 Å². The van der Waals surface area contributed by atoms with E-state index in [0.29, 0.717) is 15.1 Å². The minimum atomic E-state index is 0.0254. The van der Waals surface area contributed by atoms with E-state index in [1.165, 1.54) is 0 Å². The lowest BCUT2D eigenvalue weighted by atomic mass is 10.1. The van der Waals surface area contributed by atoms with Crippen LogP contribution < -0.4 is 10.2 Å². The molecule has 1 atom stereocenters. The molecule has 0 aliphatic carbocycles. The van der Waals surface area contributed by atoms with Gasteiger partial charge in [-0.2, -0.15) is 0 Å². The van der Waals surface area contributed by atoms with Crippen molar-refractivity contribution in [3.05, 3.63) is 57.0 Å². The maximum Gasteiger partial charge on any atom is 0.0659 e. The Morgan fingerprint density at radius 2 is 1.71 bits per heavy atom. The zero-order valence-electron chi connectivity index (χ0n) is 12.1. The zero-order valence-corrected chi connectivity index (χ0v) is 14.4. The second-order valence-corrected chi connectivity index (χ2v) is 6.26. The van der Waals surface area contributed by atoms with Crippen molar-refractivity contribution in [3.8, 4) is 0 Å². The van der Waals surface area contributed by atoms with E-state index in [9.17, 15) is 0 Å². The van der Waals surface area contributed by atoms with Crippen LogP contribution in [0.15, 0.2) is 36.4 Å². The Bertz CT molecular complexity index is 641. The largest absolute Gasteiger partial charge is 0.378 e. The molecular weight excluding hydrogens is 327 g/mol. The van der Waals surface area contributed by atoms with E-state index in [-0.39, 0.29) is 6.04 Å². The topological polar surface area (TPSA) is 15.3 Å². The highest BCUT2D eigenvalue weighted by atomic mass is 35.5. The highest BCUT2D eigenvalue weighted by molar-refractivity contribution is 6.42. The Morgan fingerprint density at radius 1 is 1.00 bits per heavy atom. The van der Waals surface area contributed by atoms with Gasteiger partial charge in [0.2, 0.25) is 0 Å². The smallest absolute Gasteiger partial charge is 0.0659 e. The van der Waals surface area contributed by atoms with Gasteiger partial charge in [0.15, 0.2) is 0 Å². The fraction of sp³-hybridized carbons (Fsp3) is 0.250. The number of halogens is 3. The van der Waals surface area contributed by atoms with E-state index >= 15 is 0 Å². The summed E-state index contributed by atoms with van der Waals surface area (Å²) in [5.74, 6) is 0. The van der Waals surface area contributed by atoms with Gasteiger partial charge < -0.3 is 10.2 Å². The van der Waals surface area contributed by atoms with Crippen LogP contribution >= 0.6 is 34.8 Å². The maximum absolute atomic E-state index is 6.28. The van der Waals surface area contributed by atoms with Gasteiger partial charge >= 0.3 is 0 Å². The molecule has 0 fully saturated rings. The molecule has 21 heavy (non-hydrogen) atoms. The first kappa shape index (κ1) is 16.3. The molecule has 0 heterocycles. The van der Waals surface area contributed by atoms with Gasteiger partial charge in [-0.05, 0) is 36.8 Å². The minimum absolute atomic E-state index is 0.0254. The third-order valence-corrected chi connectivity index (χ3v) is 4.40. The highest BCUT2D eigenvalue weighted by Gasteiger charge is 2.12. The molecule has 2 aromatic carbocycles. The molecule has 0 aliphatic rings. The number of anilines is 2. The molecule has 5 heteroatoms. The normalized spacial score (nSPS) is 12.1. The molecule has 0 saturated heterocycles. The van der Waals surface area contributed by atoms with Gasteiger partial charge in [0, 0.05) is 19.8 Å². The van der Waals surface area contributed by atoms with Gasteiger partial charge in [0.05, 0.1) is 26.8 Å². The van der Waals surface area contributed by atoms with Crippen molar-refractivity contribution in [2.75, 3.05) is 24.3 Å². The Hall–Kier alpha value is -1.09. The number of benzene rings is 2. The Kier molecular flexibility index (Phi) is 5.26. The summed E-state index contributed by atoms with van der Waals surface area (Å²) in [5.41, 5.74) is 2.88. The Labute approximate surface area is 140 Å². The first-order valence-electron chi connectivity index (χ1n) is 6.57. The predicted molar refractivity (Wildman–Crippen MR) is 94.3 cm³/mol. The third kappa shape index (κ3) is 3.76. The lowest BCUT2D eigenvalue weighted by Crippen LogP contribution is -2.10. The molecule has 1 N–H and O–H groups in total. The number of hydrogen-bond donors (Lipinski definition) is 1. The van der Waals surface area contributed by atoms with E-state index < -0.39 is 0 Å². The minimum Gasteiger partial charge on any atom is -0.378 e. The van der Waals surface area contributed by atoms with E-state index in [1.807, 2.05) is 56.3 Å². The summed E-state index contributed by atoms with van der Waals surface area (Å²) in [7, 11) is 3.92. The third-order valence-electron chi connectivity index (χ3n) is 3.26. The zero-order chi connectivity index (χ0) is 15.6. The van der Waals surface area contributed by atoms with Crippen molar-refractivity contribution in [1.29, 1.82) is 0 Å². The fourth-order valence-electron chi connectivity index (χ4n) is 2.14. The summed E-state index contributed by atoms with van der Waals surface area (Å²) < 4.78 is 0. The van der Waals surface area contributed by atoms with Crippen LogP contribution in [0.25, 0.3) is 0 Å². The lowest BCUT2D eigenvalue weighted by Gasteiger charge is -2.20. The summed E-state index contributed by atoms with van der Waals surface area (Å²) in [6.07, 6.45) is 0. The van der Waals surface area contributed by atoms with Crippen LogP contribution in [-0.4, -0.2) is 14.1 Å². The van der Waals surface area contributed by atoms with E-state index in [1.54, 1.807) is 6.07 Å². The van der Waals surface area contributed by atoms with Gasteiger partial charge in [0.25, 0.3) is 0 Å². The van der Waals surface area contributed by atoms with Crippen LogP contribution in [-0.2, 0) is 0 Å². The SMILES string of the molecule is CC(Nc1ccc(N(C)C)c(Cl)c1)c1cccc(Cl)c1Cl. The van der Waals surface area contributed by atoms with Crippen LogP contribution in [0.4, 0.5) is 11.4 Å². The average Bonchev–Trinajstić information content (AvgIpc) is 2.41. The van der Waals surface area contributed by atoms with E-state index in [0.717, 1.165) is 16.9 Å². The van der Waals surface area contributed by atoms with E-state index in [2.05, 4.69) is 5.32 Å². The molecule has 0 amide bonds. The fourth-order valence-corrected chi connectivity index (χ4v) is 2.96. The molecule has 1 unspecified atom stereocenters. The van der Waals surface area contributed by atoms with Gasteiger partial charge in [-0.3, -0.25) is 0 Å². The molecule has 0 aromatic heterocycles. The summed E-state index contributed by atoms with van der Waals surface area (Å²) in [5, 5.41) is 5.23. The molecular formula is C16H17Cl3N2. The molecule has 0 saturated carbocycles. The first-order chi connectivity index (χ1) is 9.90. The maximum atomic E-state index is 6.28. The summed E-state index contributed by atoms with van der Waals surface area (Å²) in [6.45, 7) is 2.03. The van der Waals surface area contributed by atoms with Crippen LogP contribution in [0.1, 0.15) is 18.5 Å². The summed E-state index contributed by atoms with van der Waals surface area (Å²) in [6, 6.07) is 11.5. The lowest BCUT2D eigenvalue weighted by molar-refractivity contribution is 0.885. The number of hydrogen-bond acceptors (Lipinski definition) is 2. The Morgan fingerprint density at radius 3 is 2.33 bits per heavy atom. The molecule has 0 aliphatic heterocycles. The predicted octanol–water partition coefficient (Wildman–Crippen LogP) is 5.89. The number of rotatable bonds is 4. The van der Waals surface area contributed by atoms with Crippen LogP contribution in [0.3, 0.4) is 0 Å². The van der Waals surface area contributed by atoms with Crippen LogP contribution in [0.2, 0.25) is 15.1 Å². The van der Waals surface area contributed by atoms with Crippen LogP contribution in [0.5, 0.6) is 0 Å². The molecule has 0 spiro atoms. The molecule has 0 bridgehead atoms. The van der Waals surface area contributed by atoms with Gasteiger partial charge in [0.1, 0.15) is 0 Å². The van der Waals surface area contributed by atoms with E-state index in [4.69, 9.17) is 34.8 Å². The Balaban J connectivity index is 2.22. The monoisotopic (exact) mass is 342 g/mol. The van der Waals surface area contributed by atoms with Crippen molar-refractivity contribution < 1.29 is 0 Å². The van der Waals surface area contributed by atoms with Crippen molar-refractivity contribution in [3.63, 3.8) is 0 Å². The van der Waals surface area contributed by atoms with Gasteiger partial charge in [-0.25, -0.2) is 0 Å². The van der Waals surface area contributed by atoms with Crippen molar-refractivity contribution >= 4 is 46.2 Å². The van der Waals surface area contributed by atoms with Crippen LogP contribution in [0, 0.1) is 0 Å². The standard InChI is InChI=1S/C16H17Cl3N2/c1-10(12-5-4-6-13(17)16(12)19)20-11-7-8-15(21(2)3)14(18)9-11/h4-10,20H,1-3H3. The molecule has 2 aromatic rings. The second-order valence-electron chi connectivity index (χ2n) is 5.07. The van der Waals surface area contributed by atoms with Gasteiger partial charge in [-0.15, -0.1) is 0 Å². The first-order valence-corrected chi connectivity index (χ1v) is 7.71. The highest BCUT2D eigenvalue weighted by Crippen LogP contribution is 2.33. The molecule has 2 rings (SSSR count). The quantitative estimate of drug-likeness (QED) is 0.745. The average molecular weight is 344 g/mol. The summed E-state index contributed by atoms with van der Waals surface area (Å²) >= 11 is 18.6. The van der Waals surface area contributed by atoms with Crippen molar-refractivity contribution in [2.45, 2.75) is 13.0 Å². The molecule has 0 radical (unpaired) electrons. The molecule has 112 valence electrons. The molecule has 2 nitrogen and oxygen atoms in total.